The summed E-state index contributed by atoms with van der Waals surface area (Å²) in [7, 11) is 1.63. The van der Waals surface area contributed by atoms with E-state index in [4.69, 9.17) is 4.74 Å². The van der Waals surface area contributed by atoms with Gasteiger partial charge < -0.3 is 15.4 Å². The van der Waals surface area contributed by atoms with E-state index >= 15 is 0 Å². The number of aryl methyl sites for hydroxylation is 1. The maximum absolute atomic E-state index is 5.35. The summed E-state index contributed by atoms with van der Waals surface area (Å²) in [6.07, 6.45) is 1.57. The second kappa shape index (κ2) is 7.27. The van der Waals surface area contributed by atoms with Crippen molar-refractivity contribution in [2.45, 2.75) is 6.92 Å². The number of rotatable bonds is 5. The molecule has 0 radical (unpaired) electrons. The van der Waals surface area contributed by atoms with Crippen molar-refractivity contribution in [1.82, 2.24) is 15.2 Å². The maximum atomic E-state index is 5.35. The molecule has 2 N–H and O–H groups in total. The Morgan fingerprint density at radius 2 is 1.83 bits per heavy atom. The molecule has 0 bridgehead atoms. The van der Waals surface area contributed by atoms with Gasteiger partial charge in [0, 0.05) is 10.2 Å². The van der Waals surface area contributed by atoms with Crippen molar-refractivity contribution < 1.29 is 4.74 Å². The first-order chi connectivity index (χ1) is 11.6. The number of hydrogen-bond acceptors (Lipinski definition) is 6. The van der Waals surface area contributed by atoms with E-state index in [1.54, 1.807) is 13.3 Å². The molecule has 7 heteroatoms. The molecule has 6 nitrogen and oxygen atoms in total. The highest BCUT2D eigenvalue weighted by Crippen LogP contribution is 2.27. The standard InChI is InChI=1S/C17H16BrN5O/c1-11-3-8-15(24-2)14(9-11)21-17-22-16(10-19-23-17)20-13-6-4-12(18)5-7-13/h3-10H,1-2H3,(H2,20,21,22,23). The van der Waals surface area contributed by atoms with Gasteiger partial charge in [-0.1, -0.05) is 22.0 Å². The second-order valence-electron chi connectivity index (χ2n) is 5.13. The fraction of sp³-hybridized carbons (Fsp3) is 0.118. The van der Waals surface area contributed by atoms with Crippen molar-refractivity contribution in [2.75, 3.05) is 17.7 Å². The number of benzene rings is 2. The minimum absolute atomic E-state index is 0.390. The number of anilines is 4. The van der Waals surface area contributed by atoms with Gasteiger partial charge in [-0.25, -0.2) is 0 Å². The number of nitrogens with one attached hydrogen (secondary N) is 2. The highest BCUT2D eigenvalue weighted by atomic mass is 79.9. The number of halogens is 1. The minimum Gasteiger partial charge on any atom is -0.495 e. The van der Waals surface area contributed by atoms with Crippen LogP contribution in [0, 0.1) is 6.92 Å². The Balaban J connectivity index is 1.80. The molecule has 0 saturated carbocycles. The summed E-state index contributed by atoms with van der Waals surface area (Å²) >= 11 is 3.41. The van der Waals surface area contributed by atoms with Gasteiger partial charge in [-0.15, -0.1) is 5.10 Å². The molecule has 0 spiro atoms. The zero-order valence-corrected chi connectivity index (χ0v) is 14.8. The van der Waals surface area contributed by atoms with Crippen molar-refractivity contribution in [3.8, 4) is 5.75 Å². The monoisotopic (exact) mass is 385 g/mol. The van der Waals surface area contributed by atoms with Crippen LogP contribution in [0.5, 0.6) is 5.75 Å². The predicted octanol–water partition coefficient (Wildman–Crippen LogP) is 4.44. The van der Waals surface area contributed by atoms with Crippen LogP contribution in [0.2, 0.25) is 0 Å². The predicted molar refractivity (Wildman–Crippen MR) is 98.3 cm³/mol. The Morgan fingerprint density at radius 1 is 1.04 bits per heavy atom. The highest BCUT2D eigenvalue weighted by molar-refractivity contribution is 9.10. The third-order valence-electron chi connectivity index (χ3n) is 3.28. The zero-order chi connectivity index (χ0) is 16.9. The van der Waals surface area contributed by atoms with Crippen molar-refractivity contribution in [3.63, 3.8) is 0 Å². The summed E-state index contributed by atoms with van der Waals surface area (Å²) in [6, 6.07) is 13.6. The van der Waals surface area contributed by atoms with Crippen LogP contribution in [0.15, 0.2) is 53.1 Å². The fourth-order valence-electron chi connectivity index (χ4n) is 2.14. The molecule has 0 atom stereocenters. The molecule has 0 amide bonds. The largest absolute Gasteiger partial charge is 0.495 e. The van der Waals surface area contributed by atoms with Crippen LogP contribution in [0.25, 0.3) is 0 Å². The van der Waals surface area contributed by atoms with Crippen molar-refractivity contribution >= 4 is 39.1 Å². The second-order valence-corrected chi connectivity index (χ2v) is 6.04. The zero-order valence-electron chi connectivity index (χ0n) is 13.2. The Kier molecular flexibility index (Phi) is 4.90. The summed E-state index contributed by atoms with van der Waals surface area (Å²) in [5, 5.41) is 14.3. The highest BCUT2D eigenvalue weighted by Gasteiger charge is 2.07. The molecule has 3 aromatic rings. The summed E-state index contributed by atoms with van der Waals surface area (Å²) in [5.74, 6) is 1.71. The normalized spacial score (nSPS) is 10.3. The van der Waals surface area contributed by atoms with Gasteiger partial charge >= 0.3 is 0 Å². The van der Waals surface area contributed by atoms with Crippen LogP contribution in [-0.2, 0) is 0 Å². The summed E-state index contributed by atoms with van der Waals surface area (Å²) in [5.41, 5.74) is 2.81. The van der Waals surface area contributed by atoms with Gasteiger partial charge in [0.05, 0.1) is 19.0 Å². The third-order valence-corrected chi connectivity index (χ3v) is 3.81. The van der Waals surface area contributed by atoms with E-state index in [0.717, 1.165) is 27.2 Å². The van der Waals surface area contributed by atoms with Crippen LogP contribution in [0.1, 0.15) is 5.56 Å². The van der Waals surface area contributed by atoms with Crippen LogP contribution >= 0.6 is 15.9 Å². The Morgan fingerprint density at radius 3 is 2.58 bits per heavy atom. The first-order valence-electron chi connectivity index (χ1n) is 7.28. The van der Waals surface area contributed by atoms with E-state index in [1.165, 1.54) is 0 Å². The lowest BCUT2D eigenvalue weighted by atomic mass is 10.2. The quantitative estimate of drug-likeness (QED) is 0.676. The SMILES string of the molecule is COc1ccc(C)cc1Nc1nncc(Nc2ccc(Br)cc2)n1. The number of hydrogen-bond donors (Lipinski definition) is 2. The van der Waals surface area contributed by atoms with E-state index in [0.29, 0.717) is 11.8 Å². The average Bonchev–Trinajstić information content (AvgIpc) is 2.58. The Labute approximate surface area is 148 Å². The van der Waals surface area contributed by atoms with Crippen molar-refractivity contribution in [3.05, 3.63) is 58.7 Å². The molecule has 0 aliphatic rings. The van der Waals surface area contributed by atoms with Gasteiger partial charge in [0.1, 0.15) is 5.75 Å². The van der Waals surface area contributed by atoms with Gasteiger partial charge in [-0.3, -0.25) is 0 Å². The molecule has 0 aliphatic heterocycles. The van der Waals surface area contributed by atoms with E-state index in [-0.39, 0.29) is 0 Å². The van der Waals surface area contributed by atoms with E-state index < -0.39 is 0 Å². The lowest BCUT2D eigenvalue weighted by Crippen LogP contribution is -2.03. The molecule has 0 unspecified atom stereocenters. The maximum Gasteiger partial charge on any atom is 0.249 e. The average molecular weight is 386 g/mol. The number of ether oxygens (including phenoxy) is 1. The summed E-state index contributed by atoms with van der Waals surface area (Å²) in [4.78, 5) is 4.43. The molecule has 0 aliphatic carbocycles. The number of methoxy groups -OCH3 is 1. The Bertz CT molecular complexity index is 839. The van der Waals surface area contributed by atoms with Crippen molar-refractivity contribution in [1.29, 1.82) is 0 Å². The van der Waals surface area contributed by atoms with E-state index in [2.05, 4.69) is 41.7 Å². The molecule has 1 aromatic heterocycles. The summed E-state index contributed by atoms with van der Waals surface area (Å²) < 4.78 is 6.37. The summed E-state index contributed by atoms with van der Waals surface area (Å²) in [6.45, 7) is 2.01. The molecule has 0 fully saturated rings. The number of nitrogens with zero attached hydrogens (tertiary/aromatic N) is 3. The third kappa shape index (κ3) is 3.99. The molecular weight excluding hydrogens is 370 g/mol. The van der Waals surface area contributed by atoms with Gasteiger partial charge in [-0.2, -0.15) is 10.1 Å². The lowest BCUT2D eigenvalue weighted by molar-refractivity contribution is 0.416. The molecule has 24 heavy (non-hydrogen) atoms. The van der Waals surface area contributed by atoms with Gasteiger partial charge in [0.25, 0.3) is 0 Å². The smallest absolute Gasteiger partial charge is 0.249 e. The van der Waals surface area contributed by atoms with Crippen LogP contribution in [0.3, 0.4) is 0 Å². The van der Waals surface area contributed by atoms with Gasteiger partial charge in [0.15, 0.2) is 5.82 Å². The van der Waals surface area contributed by atoms with Crippen molar-refractivity contribution in [2.24, 2.45) is 0 Å². The van der Waals surface area contributed by atoms with Crippen LogP contribution in [-0.4, -0.2) is 22.3 Å². The van der Waals surface area contributed by atoms with E-state index in [1.807, 2.05) is 49.4 Å². The lowest BCUT2D eigenvalue weighted by Gasteiger charge is -2.11. The van der Waals surface area contributed by atoms with E-state index in [9.17, 15) is 0 Å². The van der Waals surface area contributed by atoms with Gasteiger partial charge in [-0.05, 0) is 48.9 Å². The molecule has 0 saturated heterocycles. The Hall–Kier alpha value is -2.67. The van der Waals surface area contributed by atoms with Gasteiger partial charge in [0.2, 0.25) is 5.95 Å². The first kappa shape index (κ1) is 16.2. The topological polar surface area (TPSA) is 72.0 Å². The first-order valence-corrected chi connectivity index (χ1v) is 8.07. The van der Waals surface area contributed by atoms with Crippen LogP contribution in [0.4, 0.5) is 23.1 Å². The minimum atomic E-state index is 0.390. The fourth-order valence-corrected chi connectivity index (χ4v) is 2.40. The molecule has 3 rings (SSSR count). The molecular formula is C17H16BrN5O. The molecule has 1 heterocycles. The van der Waals surface area contributed by atoms with Crippen LogP contribution < -0.4 is 15.4 Å². The molecule has 122 valence electrons. The molecule has 2 aromatic carbocycles. The number of aromatic nitrogens is 3.